The number of halogens is 1. The van der Waals surface area contributed by atoms with Crippen LogP contribution in [0.5, 0.6) is 0 Å². The topological polar surface area (TPSA) is 46.3 Å². The van der Waals surface area contributed by atoms with Crippen molar-refractivity contribution in [3.05, 3.63) is 35.1 Å². The molecule has 0 saturated carbocycles. The smallest absolute Gasteiger partial charge is 0.254 e. The highest BCUT2D eigenvalue weighted by molar-refractivity contribution is 5.94. The predicted molar refractivity (Wildman–Crippen MR) is 66.4 cm³/mol. The minimum Gasteiger partial charge on any atom is -0.335 e. The Bertz CT molecular complexity index is 429. The lowest BCUT2D eigenvalue weighted by Crippen LogP contribution is -2.50. The van der Waals surface area contributed by atoms with Gasteiger partial charge in [-0.1, -0.05) is 6.07 Å². The maximum atomic E-state index is 13.4. The van der Waals surface area contributed by atoms with Crippen molar-refractivity contribution < 1.29 is 9.18 Å². The molecule has 1 aromatic carbocycles. The molecule has 0 atom stereocenters. The molecule has 0 spiro atoms. The first-order chi connectivity index (χ1) is 7.79. The summed E-state index contributed by atoms with van der Waals surface area (Å²) in [7, 11) is 1.67. The lowest BCUT2D eigenvalue weighted by Gasteiger charge is -2.34. The highest BCUT2D eigenvalue weighted by Gasteiger charge is 2.27. The summed E-state index contributed by atoms with van der Waals surface area (Å²) in [5, 5.41) is 0. The Morgan fingerprint density at radius 2 is 2.06 bits per heavy atom. The first-order valence-electron chi connectivity index (χ1n) is 5.54. The molecule has 0 bridgehead atoms. The van der Waals surface area contributed by atoms with E-state index in [1.54, 1.807) is 26.1 Å². The first-order valence-corrected chi connectivity index (χ1v) is 5.54. The minimum absolute atomic E-state index is 0.223. The van der Waals surface area contributed by atoms with E-state index in [1.807, 2.05) is 13.8 Å². The molecule has 1 aromatic rings. The number of rotatable bonds is 3. The second-order valence-corrected chi connectivity index (χ2v) is 4.84. The second-order valence-electron chi connectivity index (χ2n) is 4.84. The maximum absolute atomic E-state index is 13.4. The van der Waals surface area contributed by atoms with E-state index in [4.69, 9.17) is 5.73 Å². The summed E-state index contributed by atoms with van der Waals surface area (Å²) < 4.78 is 13.4. The molecule has 0 fully saturated rings. The third-order valence-corrected chi connectivity index (χ3v) is 3.13. The zero-order chi connectivity index (χ0) is 13.2. The van der Waals surface area contributed by atoms with Crippen LogP contribution in [0.4, 0.5) is 4.39 Å². The summed E-state index contributed by atoms with van der Waals surface area (Å²) in [6.45, 7) is 5.76. The standard InChI is InChI=1S/C13H19FN2O/c1-9-5-6-10(7-11(9)14)12(17)16(4)13(2,3)8-15/h5-7H,8,15H2,1-4H3. The monoisotopic (exact) mass is 238 g/mol. The Morgan fingerprint density at radius 3 is 2.53 bits per heavy atom. The third-order valence-electron chi connectivity index (χ3n) is 3.13. The van der Waals surface area contributed by atoms with Crippen LogP contribution in [-0.4, -0.2) is 29.9 Å². The fourth-order valence-corrected chi connectivity index (χ4v) is 1.33. The molecule has 17 heavy (non-hydrogen) atoms. The van der Waals surface area contributed by atoms with Crippen molar-refractivity contribution in [1.29, 1.82) is 0 Å². The minimum atomic E-state index is -0.446. The highest BCUT2D eigenvalue weighted by atomic mass is 19.1. The maximum Gasteiger partial charge on any atom is 0.254 e. The summed E-state index contributed by atoms with van der Waals surface area (Å²) in [6.07, 6.45) is 0. The Balaban J connectivity index is 3.01. The number of hydrogen-bond donors (Lipinski definition) is 1. The zero-order valence-electron chi connectivity index (χ0n) is 10.7. The molecular formula is C13H19FN2O. The molecule has 2 N–H and O–H groups in total. The quantitative estimate of drug-likeness (QED) is 0.874. The lowest BCUT2D eigenvalue weighted by atomic mass is 10.0. The molecule has 0 heterocycles. The van der Waals surface area contributed by atoms with E-state index in [-0.39, 0.29) is 11.7 Å². The summed E-state index contributed by atoms with van der Waals surface area (Å²) >= 11 is 0. The van der Waals surface area contributed by atoms with Gasteiger partial charge >= 0.3 is 0 Å². The molecule has 94 valence electrons. The fraction of sp³-hybridized carbons (Fsp3) is 0.462. The number of nitrogens with two attached hydrogens (primary N) is 1. The number of carbonyl (C=O) groups excluding carboxylic acids is 1. The molecule has 0 saturated heterocycles. The molecule has 0 aliphatic carbocycles. The van der Waals surface area contributed by atoms with Crippen LogP contribution >= 0.6 is 0 Å². The van der Waals surface area contributed by atoms with Gasteiger partial charge in [0.2, 0.25) is 0 Å². The Kier molecular flexibility index (Phi) is 3.88. The molecule has 0 unspecified atom stereocenters. The van der Waals surface area contributed by atoms with Crippen LogP contribution in [0.1, 0.15) is 29.8 Å². The number of carbonyl (C=O) groups is 1. The van der Waals surface area contributed by atoms with Crippen molar-refractivity contribution in [2.75, 3.05) is 13.6 Å². The molecular weight excluding hydrogens is 219 g/mol. The van der Waals surface area contributed by atoms with Gasteiger partial charge in [0.05, 0.1) is 0 Å². The average Bonchev–Trinajstić information content (AvgIpc) is 2.30. The summed E-state index contributed by atoms with van der Waals surface area (Å²) in [6, 6.07) is 4.50. The van der Waals surface area contributed by atoms with Crippen LogP contribution in [0, 0.1) is 12.7 Å². The van der Waals surface area contributed by atoms with Gasteiger partial charge in [-0.3, -0.25) is 4.79 Å². The zero-order valence-corrected chi connectivity index (χ0v) is 10.7. The van der Waals surface area contributed by atoms with Gasteiger partial charge in [-0.05, 0) is 38.5 Å². The molecule has 0 aliphatic rings. The molecule has 0 radical (unpaired) electrons. The summed E-state index contributed by atoms with van der Waals surface area (Å²) in [5.74, 6) is -0.589. The van der Waals surface area contributed by atoms with Crippen LogP contribution < -0.4 is 5.73 Å². The van der Waals surface area contributed by atoms with Gasteiger partial charge < -0.3 is 10.6 Å². The summed E-state index contributed by atoms with van der Waals surface area (Å²) in [4.78, 5) is 13.7. The summed E-state index contributed by atoms with van der Waals surface area (Å²) in [5.41, 5.74) is 6.04. The van der Waals surface area contributed by atoms with Crippen molar-refractivity contribution in [3.8, 4) is 0 Å². The molecule has 0 aliphatic heterocycles. The SMILES string of the molecule is Cc1ccc(C(=O)N(C)C(C)(C)CN)cc1F. The normalized spacial score (nSPS) is 11.4. The largest absolute Gasteiger partial charge is 0.335 e. The molecule has 0 aromatic heterocycles. The van der Waals surface area contributed by atoms with Gasteiger partial charge in [0.15, 0.2) is 0 Å². The molecule has 1 amide bonds. The fourth-order valence-electron chi connectivity index (χ4n) is 1.33. The van der Waals surface area contributed by atoms with E-state index in [0.29, 0.717) is 17.7 Å². The number of aryl methyl sites for hydroxylation is 1. The number of likely N-dealkylation sites (N-methyl/N-ethyl adjacent to an activating group) is 1. The van der Waals surface area contributed by atoms with Crippen LogP contribution in [-0.2, 0) is 0 Å². The van der Waals surface area contributed by atoms with Gasteiger partial charge in [-0.15, -0.1) is 0 Å². The van der Waals surface area contributed by atoms with Crippen molar-refractivity contribution in [3.63, 3.8) is 0 Å². The number of hydrogen-bond acceptors (Lipinski definition) is 2. The molecule has 3 nitrogen and oxygen atoms in total. The number of amides is 1. The van der Waals surface area contributed by atoms with Gasteiger partial charge in [-0.25, -0.2) is 4.39 Å². The van der Waals surface area contributed by atoms with Crippen molar-refractivity contribution >= 4 is 5.91 Å². The van der Waals surface area contributed by atoms with E-state index >= 15 is 0 Å². The molecule has 4 heteroatoms. The van der Waals surface area contributed by atoms with Crippen LogP contribution in [0.25, 0.3) is 0 Å². The van der Waals surface area contributed by atoms with Gasteiger partial charge in [0, 0.05) is 24.7 Å². The van der Waals surface area contributed by atoms with Crippen LogP contribution in [0.15, 0.2) is 18.2 Å². The van der Waals surface area contributed by atoms with E-state index in [9.17, 15) is 9.18 Å². The number of nitrogens with zero attached hydrogens (tertiary/aromatic N) is 1. The average molecular weight is 238 g/mol. The highest BCUT2D eigenvalue weighted by Crippen LogP contribution is 2.16. The third kappa shape index (κ3) is 2.82. The van der Waals surface area contributed by atoms with E-state index in [2.05, 4.69) is 0 Å². The van der Waals surface area contributed by atoms with E-state index in [1.165, 1.54) is 11.0 Å². The predicted octanol–water partition coefficient (Wildman–Crippen LogP) is 1.94. The van der Waals surface area contributed by atoms with Gasteiger partial charge in [0.1, 0.15) is 5.82 Å². The van der Waals surface area contributed by atoms with E-state index in [0.717, 1.165) is 0 Å². The van der Waals surface area contributed by atoms with Gasteiger partial charge in [-0.2, -0.15) is 0 Å². The van der Waals surface area contributed by atoms with Crippen LogP contribution in [0.2, 0.25) is 0 Å². The Hall–Kier alpha value is -1.42. The van der Waals surface area contributed by atoms with Crippen molar-refractivity contribution in [2.24, 2.45) is 5.73 Å². The molecule has 1 rings (SSSR count). The van der Waals surface area contributed by atoms with Crippen molar-refractivity contribution in [1.82, 2.24) is 4.90 Å². The van der Waals surface area contributed by atoms with Crippen molar-refractivity contribution in [2.45, 2.75) is 26.3 Å². The Morgan fingerprint density at radius 1 is 1.47 bits per heavy atom. The lowest BCUT2D eigenvalue weighted by molar-refractivity contribution is 0.0639. The van der Waals surface area contributed by atoms with E-state index < -0.39 is 5.54 Å². The number of benzene rings is 1. The van der Waals surface area contributed by atoms with Crippen LogP contribution in [0.3, 0.4) is 0 Å². The Labute approximate surface area is 101 Å². The second kappa shape index (κ2) is 4.84. The first kappa shape index (κ1) is 13.6. The van der Waals surface area contributed by atoms with Gasteiger partial charge in [0.25, 0.3) is 5.91 Å².